The molecule has 0 radical (unpaired) electrons. The first kappa shape index (κ1) is 13.4. The van der Waals surface area contributed by atoms with Gasteiger partial charge in [0.1, 0.15) is 0 Å². The van der Waals surface area contributed by atoms with Gasteiger partial charge in [-0.25, -0.2) is 0 Å². The Hall–Kier alpha value is -0.540. The second-order valence-electron chi connectivity index (χ2n) is 4.85. The van der Waals surface area contributed by atoms with Crippen LogP contribution < -0.4 is 5.32 Å². The maximum Gasteiger partial charge on any atom is 0.0669 e. The van der Waals surface area contributed by atoms with Crippen LogP contribution in [-0.4, -0.2) is 7.05 Å². The monoisotopic (exact) mass is 311 g/mol. The predicted molar refractivity (Wildman–Crippen MR) is 83.7 cm³/mol. The minimum atomic E-state index is 0.199. The summed E-state index contributed by atoms with van der Waals surface area (Å²) in [6.07, 6.45) is 3.76. The molecule has 1 aromatic carbocycles. The van der Waals surface area contributed by atoms with E-state index in [2.05, 4.69) is 11.4 Å². The topological polar surface area (TPSA) is 12.0 Å². The zero-order chi connectivity index (χ0) is 13.4. The van der Waals surface area contributed by atoms with E-state index in [0.29, 0.717) is 10.0 Å². The molecule has 3 rings (SSSR count). The summed E-state index contributed by atoms with van der Waals surface area (Å²) in [6, 6.07) is 8.41. The van der Waals surface area contributed by atoms with Crippen molar-refractivity contribution in [1.29, 1.82) is 0 Å². The van der Waals surface area contributed by atoms with E-state index in [1.54, 1.807) is 4.88 Å². The van der Waals surface area contributed by atoms with E-state index >= 15 is 0 Å². The number of halogens is 2. The largest absolute Gasteiger partial charge is 0.309 e. The molecule has 0 amide bonds. The molecule has 1 aromatic heterocycles. The molecule has 1 heterocycles. The maximum absolute atomic E-state index is 6.12. The summed E-state index contributed by atoms with van der Waals surface area (Å²) < 4.78 is 0. The Bertz CT molecular complexity index is 585. The molecule has 0 aliphatic heterocycles. The molecule has 4 heteroatoms. The molecule has 1 unspecified atom stereocenters. The summed E-state index contributed by atoms with van der Waals surface area (Å²) >= 11 is 14.0. The first-order valence-electron chi connectivity index (χ1n) is 6.42. The molecule has 1 N–H and O–H groups in total. The molecule has 19 heavy (non-hydrogen) atoms. The van der Waals surface area contributed by atoms with Gasteiger partial charge in [-0.3, -0.25) is 0 Å². The van der Waals surface area contributed by atoms with Gasteiger partial charge in [-0.05, 0) is 55.6 Å². The molecule has 2 aromatic rings. The third-order valence-electron chi connectivity index (χ3n) is 3.62. The zero-order valence-corrected chi connectivity index (χ0v) is 13.0. The Balaban J connectivity index is 1.96. The lowest BCUT2D eigenvalue weighted by Gasteiger charge is -2.16. The summed E-state index contributed by atoms with van der Waals surface area (Å²) in [5, 5.41) is 4.60. The van der Waals surface area contributed by atoms with E-state index in [9.17, 15) is 0 Å². The van der Waals surface area contributed by atoms with Crippen molar-refractivity contribution >= 4 is 34.5 Å². The van der Waals surface area contributed by atoms with Crippen molar-refractivity contribution in [2.24, 2.45) is 0 Å². The van der Waals surface area contributed by atoms with Crippen molar-refractivity contribution in [2.45, 2.75) is 25.3 Å². The lowest BCUT2D eigenvalue weighted by atomic mass is 10.0. The Morgan fingerprint density at radius 1 is 1.16 bits per heavy atom. The second-order valence-corrected chi connectivity index (χ2v) is 6.83. The van der Waals surface area contributed by atoms with Gasteiger partial charge < -0.3 is 5.32 Å². The van der Waals surface area contributed by atoms with E-state index in [0.717, 1.165) is 5.56 Å². The molecule has 1 aliphatic rings. The average Bonchev–Trinajstić information content (AvgIpc) is 2.95. The first-order valence-corrected chi connectivity index (χ1v) is 8.00. The highest BCUT2D eigenvalue weighted by Crippen LogP contribution is 2.37. The summed E-state index contributed by atoms with van der Waals surface area (Å²) in [5.74, 6) is 0. The van der Waals surface area contributed by atoms with E-state index in [-0.39, 0.29) is 6.04 Å². The number of rotatable bonds is 3. The summed E-state index contributed by atoms with van der Waals surface area (Å²) in [5.41, 5.74) is 2.69. The van der Waals surface area contributed by atoms with E-state index in [1.165, 1.54) is 29.7 Å². The fourth-order valence-corrected chi connectivity index (χ4v) is 4.36. The zero-order valence-electron chi connectivity index (χ0n) is 10.7. The number of fused-ring (bicyclic) bond motifs is 1. The molecule has 1 aliphatic carbocycles. The van der Waals surface area contributed by atoms with Gasteiger partial charge in [0.05, 0.1) is 16.1 Å². The van der Waals surface area contributed by atoms with Gasteiger partial charge in [0, 0.05) is 9.75 Å². The highest BCUT2D eigenvalue weighted by Gasteiger charge is 2.20. The number of aryl methyl sites for hydroxylation is 2. The van der Waals surface area contributed by atoms with Crippen molar-refractivity contribution in [2.75, 3.05) is 7.05 Å². The van der Waals surface area contributed by atoms with Crippen LogP contribution in [0.1, 0.15) is 33.3 Å². The van der Waals surface area contributed by atoms with Crippen molar-refractivity contribution in [1.82, 2.24) is 5.32 Å². The smallest absolute Gasteiger partial charge is 0.0669 e. The van der Waals surface area contributed by atoms with Gasteiger partial charge in [0.15, 0.2) is 0 Å². The number of benzene rings is 1. The van der Waals surface area contributed by atoms with Crippen LogP contribution in [0.2, 0.25) is 10.0 Å². The maximum atomic E-state index is 6.12. The van der Waals surface area contributed by atoms with Crippen LogP contribution in [0.3, 0.4) is 0 Å². The van der Waals surface area contributed by atoms with Crippen LogP contribution in [0, 0.1) is 0 Å². The number of thiophene rings is 1. The number of hydrogen-bond donors (Lipinski definition) is 1. The van der Waals surface area contributed by atoms with Gasteiger partial charge in [-0.15, -0.1) is 11.3 Å². The van der Waals surface area contributed by atoms with Crippen LogP contribution in [0.25, 0.3) is 0 Å². The quantitative estimate of drug-likeness (QED) is 0.854. The van der Waals surface area contributed by atoms with E-state index in [4.69, 9.17) is 23.2 Å². The fraction of sp³-hybridized carbons (Fsp3) is 0.333. The minimum absolute atomic E-state index is 0.199. The molecule has 0 bridgehead atoms. The number of nitrogens with one attached hydrogen (secondary N) is 1. The van der Waals surface area contributed by atoms with Crippen LogP contribution in [0.4, 0.5) is 0 Å². The summed E-state index contributed by atoms with van der Waals surface area (Å²) in [4.78, 5) is 2.92. The average molecular weight is 312 g/mol. The van der Waals surface area contributed by atoms with Crippen LogP contribution >= 0.6 is 34.5 Å². The molecular formula is C15H15Cl2NS. The van der Waals surface area contributed by atoms with Gasteiger partial charge in [0.2, 0.25) is 0 Å². The van der Waals surface area contributed by atoms with Crippen LogP contribution in [0.5, 0.6) is 0 Å². The Labute approximate surface area is 127 Å². The van der Waals surface area contributed by atoms with E-state index < -0.39 is 0 Å². The lowest BCUT2D eigenvalue weighted by Crippen LogP contribution is -2.16. The Kier molecular flexibility index (Phi) is 3.86. The van der Waals surface area contributed by atoms with Crippen molar-refractivity contribution in [3.8, 4) is 0 Å². The minimum Gasteiger partial charge on any atom is -0.309 e. The summed E-state index contributed by atoms with van der Waals surface area (Å²) in [6.45, 7) is 0. The van der Waals surface area contributed by atoms with Gasteiger partial charge in [-0.2, -0.15) is 0 Å². The van der Waals surface area contributed by atoms with Crippen LogP contribution in [0.15, 0.2) is 24.3 Å². The van der Waals surface area contributed by atoms with Crippen molar-refractivity contribution in [3.05, 3.63) is 55.2 Å². The fourth-order valence-electron chi connectivity index (χ4n) is 2.66. The summed E-state index contributed by atoms with van der Waals surface area (Å²) in [7, 11) is 1.98. The molecule has 0 saturated heterocycles. The molecule has 100 valence electrons. The van der Waals surface area contributed by atoms with Crippen molar-refractivity contribution < 1.29 is 0 Å². The Morgan fingerprint density at radius 2 is 2.00 bits per heavy atom. The SMILES string of the molecule is CNC(c1ccc(Cl)c(Cl)c1)c1cc2c(s1)CCC2. The Morgan fingerprint density at radius 3 is 2.68 bits per heavy atom. The normalized spacial score (nSPS) is 15.5. The van der Waals surface area contributed by atoms with Crippen LogP contribution in [-0.2, 0) is 12.8 Å². The third kappa shape index (κ3) is 2.55. The molecule has 0 spiro atoms. The molecule has 0 fully saturated rings. The second kappa shape index (κ2) is 5.45. The van der Waals surface area contributed by atoms with Gasteiger partial charge in [0.25, 0.3) is 0 Å². The van der Waals surface area contributed by atoms with Gasteiger partial charge in [-0.1, -0.05) is 29.3 Å². The lowest BCUT2D eigenvalue weighted by molar-refractivity contribution is 0.703. The number of hydrogen-bond acceptors (Lipinski definition) is 2. The predicted octanol–water partition coefficient (Wildman–Crippen LogP) is 4.85. The highest BCUT2D eigenvalue weighted by molar-refractivity contribution is 7.12. The molecular weight excluding hydrogens is 297 g/mol. The standard InChI is InChI=1S/C15H15Cl2NS/c1-18-15(10-5-6-11(16)12(17)7-10)14-8-9-3-2-4-13(9)19-14/h5-8,15,18H,2-4H2,1H3. The third-order valence-corrected chi connectivity index (χ3v) is 5.66. The van der Waals surface area contributed by atoms with E-state index in [1.807, 2.05) is 36.6 Å². The van der Waals surface area contributed by atoms with Crippen molar-refractivity contribution in [3.63, 3.8) is 0 Å². The van der Waals surface area contributed by atoms with Gasteiger partial charge >= 0.3 is 0 Å². The first-order chi connectivity index (χ1) is 9.19. The highest BCUT2D eigenvalue weighted by atomic mass is 35.5. The molecule has 1 atom stereocenters. The molecule has 0 saturated carbocycles. The molecule has 1 nitrogen and oxygen atoms in total.